The first-order chi connectivity index (χ1) is 7.69. The SMILES string of the molecule is NCC1(c2c(Cl)cccc2Cl)CCCCC1. The molecule has 1 aliphatic carbocycles. The second kappa shape index (κ2) is 4.95. The highest BCUT2D eigenvalue weighted by molar-refractivity contribution is 6.36. The van der Waals surface area contributed by atoms with Gasteiger partial charge in [0.05, 0.1) is 0 Å². The average molecular weight is 258 g/mol. The first-order valence-electron chi connectivity index (χ1n) is 5.84. The second-order valence-corrected chi connectivity index (χ2v) is 5.46. The minimum atomic E-state index is 0.00762. The van der Waals surface area contributed by atoms with E-state index >= 15 is 0 Å². The molecule has 0 radical (unpaired) electrons. The van der Waals surface area contributed by atoms with Crippen molar-refractivity contribution in [3.8, 4) is 0 Å². The fourth-order valence-corrected chi connectivity index (χ4v) is 3.59. The zero-order valence-electron chi connectivity index (χ0n) is 9.31. The number of nitrogens with two attached hydrogens (primary N) is 1. The Morgan fingerprint density at radius 3 is 2.12 bits per heavy atom. The molecule has 2 N–H and O–H groups in total. The van der Waals surface area contributed by atoms with Gasteiger partial charge in [0.25, 0.3) is 0 Å². The van der Waals surface area contributed by atoms with Crippen LogP contribution in [0.3, 0.4) is 0 Å². The number of halogens is 2. The van der Waals surface area contributed by atoms with Gasteiger partial charge in [-0.15, -0.1) is 0 Å². The predicted octanol–water partition coefficient (Wildman–Crippen LogP) is 4.15. The number of benzene rings is 1. The van der Waals surface area contributed by atoms with E-state index < -0.39 is 0 Å². The maximum Gasteiger partial charge on any atom is 0.0459 e. The van der Waals surface area contributed by atoms with E-state index in [1.165, 1.54) is 19.3 Å². The normalized spacial score (nSPS) is 19.7. The molecule has 1 aromatic carbocycles. The van der Waals surface area contributed by atoms with Gasteiger partial charge in [-0.05, 0) is 30.5 Å². The molecule has 16 heavy (non-hydrogen) atoms. The summed E-state index contributed by atoms with van der Waals surface area (Å²) in [6, 6.07) is 5.71. The minimum Gasteiger partial charge on any atom is -0.330 e. The zero-order chi connectivity index (χ0) is 11.6. The summed E-state index contributed by atoms with van der Waals surface area (Å²) in [6.07, 6.45) is 5.95. The monoisotopic (exact) mass is 257 g/mol. The average Bonchev–Trinajstić information content (AvgIpc) is 2.30. The molecule has 3 heteroatoms. The van der Waals surface area contributed by atoms with Crippen LogP contribution in [0.15, 0.2) is 18.2 Å². The Labute approximate surface area is 107 Å². The van der Waals surface area contributed by atoms with Crippen LogP contribution < -0.4 is 5.73 Å². The van der Waals surface area contributed by atoms with Crippen LogP contribution in [0.4, 0.5) is 0 Å². The van der Waals surface area contributed by atoms with Gasteiger partial charge >= 0.3 is 0 Å². The van der Waals surface area contributed by atoms with Crippen molar-refractivity contribution in [3.05, 3.63) is 33.8 Å². The molecular weight excluding hydrogens is 241 g/mol. The van der Waals surface area contributed by atoms with E-state index in [0.717, 1.165) is 28.5 Å². The zero-order valence-corrected chi connectivity index (χ0v) is 10.8. The Morgan fingerprint density at radius 2 is 1.62 bits per heavy atom. The molecule has 0 amide bonds. The lowest BCUT2D eigenvalue weighted by Crippen LogP contribution is -2.37. The van der Waals surface area contributed by atoms with Gasteiger partial charge in [-0.2, -0.15) is 0 Å². The maximum atomic E-state index is 6.29. The van der Waals surface area contributed by atoms with Gasteiger partial charge in [-0.25, -0.2) is 0 Å². The summed E-state index contributed by atoms with van der Waals surface area (Å²) in [4.78, 5) is 0. The summed E-state index contributed by atoms with van der Waals surface area (Å²) >= 11 is 12.6. The van der Waals surface area contributed by atoms with Crippen molar-refractivity contribution in [3.63, 3.8) is 0 Å². The van der Waals surface area contributed by atoms with Crippen LogP contribution in [-0.2, 0) is 5.41 Å². The predicted molar refractivity (Wildman–Crippen MR) is 70.3 cm³/mol. The molecule has 0 saturated heterocycles. The first kappa shape index (κ1) is 12.2. The van der Waals surface area contributed by atoms with E-state index in [-0.39, 0.29) is 5.41 Å². The van der Waals surface area contributed by atoms with Crippen LogP contribution in [0.5, 0.6) is 0 Å². The largest absolute Gasteiger partial charge is 0.330 e. The molecule has 1 fully saturated rings. The van der Waals surface area contributed by atoms with Gasteiger partial charge in [0.1, 0.15) is 0 Å². The highest BCUT2D eigenvalue weighted by Crippen LogP contribution is 2.44. The van der Waals surface area contributed by atoms with Crippen molar-refractivity contribution < 1.29 is 0 Å². The van der Waals surface area contributed by atoms with Gasteiger partial charge in [-0.3, -0.25) is 0 Å². The summed E-state index contributed by atoms with van der Waals surface area (Å²) < 4.78 is 0. The third kappa shape index (κ3) is 2.09. The van der Waals surface area contributed by atoms with E-state index in [9.17, 15) is 0 Å². The highest BCUT2D eigenvalue weighted by atomic mass is 35.5. The standard InChI is InChI=1S/C13H17Cl2N/c14-10-5-4-6-11(15)12(10)13(9-16)7-2-1-3-8-13/h4-6H,1-3,7-9,16H2. The lowest BCUT2D eigenvalue weighted by Gasteiger charge is -2.38. The Bertz CT molecular complexity index is 350. The Balaban J connectivity index is 2.46. The van der Waals surface area contributed by atoms with Crippen molar-refractivity contribution in [2.24, 2.45) is 5.73 Å². The summed E-state index contributed by atoms with van der Waals surface area (Å²) in [6.45, 7) is 0.635. The molecule has 0 heterocycles. The summed E-state index contributed by atoms with van der Waals surface area (Å²) in [5.74, 6) is 0. The molecule has 1 nitrogen and oxygen atoms in total. The van der Waals surface area contributed by atoms with Gasteiger partial charge < -0.3 is 5.73 Å². The molecule has 0 bridgehead atoms. The number of hydrogen-bond donors (Lipinski definition) is 1. The van der Waals surface area contributed by atoms with Crippen molar-refractivity contribution >= 4 is 23.2 Å². The number of hydrogen-bond acceptors (Lipinski definition) is 1. The Morgan fingerprint density at radius 1 is 1.06 bits per heavy atom. The van der Waals surface area contributed by atoms with E-state index in [4.69, 9.17) is 28.9 Å². The van der Waals surface area contributed by atoms with Gasteiger partial charge in [0.15, 0.2) is 0 Å². The molecule has 0 aliphatic heterocycles. The van der Waals surface area contributed by atoms with Crippen molar-refractivity contribution in [1.29, 1.82) is 0 Å². The number of rotatable bonds is 2. The maximum absolute atomic E-state index is 6.29. The quantitative estimate of drug-likeness (QED) is 0.847. The van der Waals surface area contributed by atoms with Crippen LogP contribution in [0.2, 0.25) is 10.0 Å². The smallest absolute Gasteiger partial charge is 0.0459 e. The summed E-state index contributed by atoms with van der Waals surface area (Å²) in [7, 11) is 0. The molecule has 88 valence electrons. The molecule has 1 saturated carbocycles. The lowest BCUT2D eigenvalue weighted by molar-refractivity contribution is 0.301. The molecule has 1 aromatic rings. The van der Waals surface area contributed by atoms with Crippen LogP contribution in [0, 0.1) is 0 Å². The topological polar surface area (TPSA) is 26.0 Å². The Hall–Kier alpha value is -0.240. The molecule has 0 atom stereocenters. The molecule has 0 unspecified atom stereocenters. The van der Waals surface area contributed by atoms with Crippen LogP contribution >= 0.6 is 23.2 Å². The van der Waals surface area contributed by atoms with E-state index in [1.54, 1.807) is 0 Å². The van der Waals surface area contributed by atoms with Gasteiger partial charge in [0, 0.05) is 22.0 Å². The van der Waals surface area contributed by atoms with Gasteiger partial charge in [0.2, 0.25) is 0 Å². The fourth-order valence-electron chi connectivity index (χ4n) is 2.79. The minimum absolute atomic E-state index is 0.00762. The summed E-state index contributed by atoms with van der Waals surface area (Å²) in [5.41, 5.74) is 7.07. The van der Waals surface area contributed by atoms with Crippen LogP contribution in [-0.4, -0.2) is 6.54 Å². The molecule has 1 aliphatic rings. The Kier molecular flexibility index (Phi) is 3.78. The molecule has 2 rings (SSSR count). The third-order valence-electron chi connectivity index (χ3n) is 3.69. The van der Waals surface area contributed by atoms with E-state index in [2.05, 4.69) is 0 Å². The summed E-state index contributed by atoms with van der Waals surface area (Å²) in [5, 5.41) is 1.53. The van der Waals surface area contributed by atoms with Crippen molar-refractivity contribution in [2.75, 3.05) is 6.54 Å². The highest BCUT2D eigenvalue weighted by Gasteiger charge is 2.35. The van der Waals surface area contributed by atoms with Crippen molar-refractivity contribution in [1.82, 2.24) is 0 Å². The molecule has 0 aromatic heterocycles. The second-order valence-electron chi connectivity index (χ2n) is 4.64. The molecule has 0 spiro atoms. The molecular formula is C13H17Cl2N. The third-order valence-corrected chi connectivity index (χ3v) is 4.32. The first-order valence-corrected chi connectivity index (χ1v) is 6.60. The fraction of sp³-hybridized carbons (Fsp3) is 0.538. The van der Waals surface area contributed by atoms with E-state index in [0.29, 0.717) is 6.54 Å². The van der Waals surface area contributed by atoms with E-state index in [1.807, 2.05) is 18.2 Å². The lowest BCUT2D eigenvalue weighted by atomic mass is 9.69. The van der Waals surface area contributed by atoms with Crippen LogP contribution in [0.1, 0.15) is 37.7 Å². The van der Waals surface area contributed by atoms with Gasteiger partial charge in [-0.1, -0.05) is 48.5 Å². The van der Waals surface area contributed by atoms with Crippen LogP contribution in [0.25, 0.3) is 0 Å². The van der Waals surface area contributed by atoms with Crippen molar-refractivity contribution in [2.45, 2.75) is 37.5 Å².